The number of hydrogen-bond donors (Lipinski definition) is 1. The van der Waals surface area contributed by atoms with E-state index in [0.29, 0.717) is 22.8 Å². The number of benzene rings is 1. The van der Waals surface area contributed by atoms with E-state index in [1.54, 1.807) is 19.9 Å². The van der Waals surface area contributed by atoms with Crippen LogP contribution in [0.15, 0.2) is 54.7 Å². The second-order valence-electron chi connectivity index (χ2n) is 7.08. The Hall–Kier alpha value is -3.75. The number of alkyl halides is 3. The van der Waals surface area contributed by atoms with Crippen LogP contribution in [0.5, 0.6) is 0 Å². The normalized spacial score (nSPS) is 11.6. The summed E-state index contributed by atoms with van der Waals surface area (Å²) in [4.78, 5) is 20.9. The molecule has 0 radical (unpaired) electrons. The quantitative estimate of drug-likeness (QED) is 0.517. The molecule has 158 valence electrons. The van der Waals surface area contributed by atoms with Crippen molar-refractivity contribution in [1.29, 1.82) is 0 Å². The van der Waals surface area contributed by atoms with Crippen LogP contribution >= 0.6 is 0 Å². The SMILES string of the molecule is Cc1nn(-c2ccc(C(F)(F)F)cn2)c(C)c1CC(=O)Nc1ccc2ccccc2n1. The molecule has 0 bridgehead atoms. The van der Waals surface area contributed by atoms with Gasteiger partial charge in [0, 0.05) is 22.8 Å². The number of aryl methyl sites for hydroxylation is 1. The summed E-state index contributed by atoms with van der Waals surface area (Å²) in [6.07, 6.45) is -3.64. The third-order valence-electron chi connectivity index (χ3n) is 4.94. The lowest BCUT2D eigenvalue weighted by molar-refractivity contribution is -0.137. The number of fused-ring (bicyclic) bond motifs is 1. The topological polar surface area (TPSA) is 72.7 Å². The number of para-hydroxylation sites is 1. The molecular weight excluding hydrogens is 407 g/mol. The number of hydrogen-bond acceptors (Lipinski definition) is 4. The molecule has 0 spiro atoms. The van der Waals surface area contributed by atoms with Gasteiger partial charge in [-0.15, -0.1) is 0 Å². The van der Waals surface area contributed by atoms with E-state index in [1.165, 1.54) is 10.7 Å². The maximum absolute atomic E-state index is 12.8. The highest BCUT2D eigenvalue weighted by Gasteiger charge is 2.30. The Morgan fingerprint density at radius 3 is 2.55 bits per heavy atom. The highest BCUT2D eigenvalue weighted by molar-refractivity contribution is 5.93. The van der Waals surface area contributed by atoms with Crippen LogP contribution in [0.25, 0.3) is 16.7 Å². The highest BCUT2D eigenvalue weighted by Crippen LogP contribution is 2.29. The van der Waals surface area contributed by atoms with Gasteiger partial charge in [-0.25, -0.2) is 14.6 Å². The first-order valence-electron chi connectivity index (χ1n) is 9.47. The minimum Gasteiger partial charge on any atom is -0.310 e. The third kappa shape index (κ3) is 4.25. The van der Waals surface area contributed by atoms with E-state index in [2.05, 4.69) is 20.4 Å². The van der Waals surface area contributed by atoms with Crippen molar-refractivity contribution in [2.45, 2.75) is 26.4 Å². The molecule has 6 nitrogen and oxygen atoms in total. The van der Waals surface area contributed by atoms with Crippen molar-refractivity contribution in [2.24, 2.45) is 0 Å². The number of halogens is 3. The zero-order chi connectivity index (χ0) is 22.2. The number of aromatic nitrogens is 4. The van der Waals surface area contributed by atoms with Crippen molar-refractivity contribution >= 4 is 22.6 Å². The fraction of sp³-hybridized carbons (Fsp3) is 0.182. The van der Waals surface area contributed by atoms with E-state index < -0.39 is 11.7 Å². The Morgan fingerprint density at radius 2 is 1.84 bits per heavy atom. The van der Waals surface area contributed by atoms with Gasteiger partial charge in [-0.05, 0) is 44.2 Å². The highest BCUT2D eigenvalue weighted by atomic mass is 19.4. The lowest BCUT2D eigenvalue weighted by Crippen LogP contribution is -2.16. The van der Waals surface area contributed by atoms with Gasteiger partial charge in [0.1, 0.15) is 5.82 Å². The number of amides is 1. The maximum atomic E-state index is 12.8. The molecule has 0 aliphatic carbocycles. The van der Waals surface area contributed by atoms with Crippen LogP contribution in [0.3, 0.4) is 0 Å². The molecule has 0 fully saturated rings. The van der Waals surface area contributed by atoms with Gasteiger partial charge in [0.2, 0.25) is 5.91 Å². The molecule has 0 atom stereocenters. The van der Waals surface area contributed by atoms with Crippen molar-refractivity contribution in [2.75, 3.05) is 5.32 Å². The van der Waals surface area contributed by atoms with Crippen molar-refractivity contribution in [1.82, 2.24) is 19.7 Å². The lowest BCUT2D eigenvalue weighted by Gasteiger charge is -2.08. The summed E-state index contributed by atoms with van der Waals surface area (Å²) < 4.78 is 39.7. The van der Waals surface area contributed by atoms with E-state index >= 15 is 0 Å². The standard InChI is InChI=1S/C22H18F3N5O/c1-13-17(11-21(31)28-19-9-7-15-5-3-4-6-18(15)27-19)14(2)30(29-13)20-10-8-16(12-26-20)22(23,24)25/h3-10,12H,11H2,1-2H3,(H,27,28,31). The number of nitrogens with one attached hydrogen (secondary N) is 1. The number of anilines is 1. The van der Waals surface area contributed by atoms with Crippen LogP contribution in [-0.4, -0.2) is 25.7 Å². The number of rotatable bonds is 4. The van der Waals surface area contributed by atoms with Crippen LogP contribution in [-0.2, 0) is 17.4 Å². The number of carbonyl (C=O) groups excluding carboxylic acids is 1. The molecule has 0 saturated carbocycles. The summed E-state index contributed by atoms with van der Waals surface area (Å²) in [5.74, 6) is 0.418. The first kappa shape index (κ1) is 20.5. The Bertz CT molecular complexity index is 1260. The average molecular weight is 425 g/mol. The predicted octanol–water partition coefficient (Wildman–Crippen LogP) is 4.63. The molecule has 4 aromatic rings. The smallest absolute Gasteiger partial charge is 0.310 e. The molecule has 0 unspecified atom stereocenters. The molecular formula is C22H18F3N5O. The summed E-state index contributed by atoms with van der Waals surface area (Å²) in [6, 6.07) is 13.4. The number of pyridine rings is 2. The first-order chi connectivity index (χ1) is 14.7. The molecule has 0 aliphatic heterocycles. The zero-order valence-corrected chi connectivity index (χ0v) is 16.7. The fourth-order valence-electron chi connectivity index (χ4n) is 3.32. The minimum absolute atomic E-state index is 0.0484. The summed E-state index contributed by atoms with van der Waals surface area (Å²) in [7, 11) is 0. The van der Waals surface area contributed by atoms with Gasteiger partial charge >= 0.3 is 6.18 Å². The summed E-state index contributed by atoms with van der Waals surface area (Å²) >= 11 is 0. The van der Waals surface area contributed by atoms with Gasteiger partial charge in [-0.1, -0.05) is 18.2 Å². The van der Waals surface area contributed by atoms with Crippen LogP contribution in [0.1, 0.15) is 22.5 Å². The van der Waals surface area contributed by atoms with Gasteiger partial charge in [0.25, 0.3) is 0 Å². The zero-order valence-electron chi connectivity index (χ0n) is 16.7. The molecule has 1 amide bonds. The van der Waals surface area contributed by atoms with E-state index in [1.807, 2.05) is 30.3 Å². The van der Waals surface area contributed by atoms with Crippen molar-refractivity contribution in [3.63, 3.8) is 0 Å². The second-order valence-corrected chi connectivity index (χ2v) is 7.08. The van der Waals surface area contributed by atoms with Crippen LogP contribution in [0, 0.1) is 13.8 Å². The Morgan fingerprint density at radius 1 is 1.06 bits per heavy atom. The van der Waals surface area contributed by atoms with Gasteiger partial charge in [0.15, 0.2) is 5.82 Å². The van der Waals surface area contributed by atoms with Crippen LogP contribution in [0.4, 0.5) is 19.0 Å². The van der Waals surface area contributed by atoms with Crippen molar-refractivity contribution < 1.29 is 18.0 Å². The van der Waals surface area contributed by atoms with Crippen LogP contribution in [0.2, 0.25) is 0 Å². The van der Waals surface area contributed by atoms with Gasteiger partial charge in [-0.2, -0.15) is 18.3 Å². The van der Waals surface area contributed by atoms with E-state index in [-0.39, 0.29) is 18.1 Å². The largest absolute Gasteiger partial charge is 0.417 e. The minimum atomic E-state index is -4.46. The molecule has 0 aliphatic rings. The van der Waals surface area contributed by atoms with Gasteiger partial charge in [0.05, 0.1) is 23.2 Å². The summed E-state index contributed by atoms with van der Waals surface area (Å²) in [6.45, 7) is 3.49. The van der Waals surface area contributed by atoms with Crippen molar-refractivity contribution in [3.8, 4) is 5.82 Å². The third-order valence-corrected chi connectivity index (χ3v) is 4.94. The fourth-order valence-corrected chi connectivity index (χ4v) is 3.32. The average Bonchev–Trinajstić information content (AvgIpc) is 3.01. The van der Waals surface area contributed by atoms with Crippen LogP contribution < -0.4 is 5.32 Å². The summed E-state index contributed by atoms with van der Waals surface area (Å²) in [5.41, 5.74) is 1.85. The first-order valence-corrected chi connectivity index (χ1v) is 9.47. The van der Waals surface area contributed by atoms with Crippen molar-refractivity contribution in [3.05, 3.63) is 77.2 Å². The molecule has 3 aromatic heterocycles. The Kier molecular flexibility index (Phi) is 5.18. The maximum Gasteiger partial charge on any atom is 0.417 e. The molecule has 31 heavy (non-hydrogen) atoms. The monoisotopic (exact) mass is 425 g/mol. The lowest BCUT2D eigenvalue weighted by atomic mass is 10.1. The number of carbonyl (C=O) groups is 1. The second kappa shape index (κ2) is 7.82. The number of nitrogens with zero attached hydrogens (tertiary/aromatic N) is 4. The van der Waals surface area contributed by atoms with Gasteiger partial charge in [-0.3, -0.25) is 4.79 Å². The summed E-state index contributed by atoms with van der Waals surface area (Å²) in [5, 5.41) is 8.10. The predicted molar refractivity (Wildman–Crippen MR) is 110 cm³/mol. The van der Waals surface area contributed by atoms with E-state index in [0.717, 1.165) is 23.2 Å². The molecule has 9 heteroatoms. The Labute approximate surface area is 175 Å². The molecule has 3 heterocycles. The molecule has 1 aromatic carbocycles. The van der Waals surface area contributed by atoms with E-state index in [9.17, 15) is 18.0 Å². The molecule has 1 N–H and O–H groups in total. The molecule has 4 rings (SSSR count). The molecule has 0 saturated heterocycles. The van der Waals surface area contributed by atoms with Gasteiger partial charge < -0.3 is 5.32 Å². The Balaban J connectivity index is 1.53. The van der Waals surface area contributed by atoms with E-state index in [4.69, 9.17) is 0 Å².